The van der Waals surface area contributed by atoms with E-state index in [4.69, 9.17) is 4.74 Å². The van der Waals surface area contributed by atoms with Gasteiger partial charge in [-0.15, -0.1) is 0 Å². The van der Waals surface area contributed by atoms with Crippen LogP contribution in [0.15, 0.2) is 30.3 Å². The fraction of sp³-hybridized carbons (Fsp3) is 0.467. The molecule has 5 heteroatoms. The van der Waals surface area contributed by atoms with E-state index in [0.717, 1.165) is 5.69 Å². The maximum Gasteiger partial charge on any atom is 0.332 e. The summed E-state index contributed by atoms with van der Waals surface area (Å²) in [5, 5.41) is 0. The van der Waals surface area contributed by atoms with Gasteiger partial charge in [-0.05, 0) is 32.9 Å². The number of para-hydroxylation sites is 1. The highest BCUT2D eigenvalue weighted by atomic mass is 16.5. The van der Waals surface area contributed by atoms with Crippen molar-refractivity contribution < 1.29 is 14.3 Å². The summed E-state index contributed by atoms with van der Waals surface area (Å²) in [6, 6.07) is 8.50. The van der Waals surface area contributed by atoms with Gasteiger partial charge in [0.25, 0.3) is 5.91 Å². The van der Waals surface area contributed by atoms with Gasteiger partial charge in [0, 0.05) is 5.69 Å². The minimum absolute atomic E-state index is 0.0884. The van der Waals surface area contributed by atoms with E-state index in [0.29, 0.717) is 13.2 Å². The SMILES string of the molecule is CC(C)OCCN1C(=O)[C@H](C)N(c2ccccc2)C1=O. The molecule has 108 valence electrons. The average Bonchev–Trinajstić information content (AvgIpc) is 2.63. The van der Waals surface area contributed by atoms with Gasteiger partial charge < -0.3 is 4.74 Å². The first-order chi connectivity index (χ1) is 9.52. The number of imide groups is 1. The Kier molecular flexibility index (Phi) is 4.39. The van der Waals surface area contributed by atoms with Gasteiger partial charge in [-0.3, -0.25) is 14.6 Å². The molecule has 2 rings (SSSR count). The molecule has 0 saturated carbocycles. The van der Waals surface area contributed by atoms with Gasteiger partial charge in [-0.1, -0.05) is 18.2 Å². The summed E-state index contributed by atoms with van der Waals surface area (Å²) in [4.78, 5) is 27.4. The molecule has 0 bridgehead atoms. The van der Waals surface area contributed by atoms with E-state index in [1.54, 1.807) is 6.92 Å². The molecule has 1 aromatic rings. The average molecular weight is 276 g/mol. The van der Waals surface area contributed by atoms with Gasteiger partial charge in [-0.2, -0.15) is 0 Å². The highest BCUT2D eigenvalue weighted by molar-refractivity contribution is 6.14. The Balaban J connectivity index is 2.10. The molecule has 1 aliphatic rings. The Morgan fingerprint density at radius 2 is 1.85 bits per heavy atom. The fourth-order valence-corrected chi connectivity index (χ4v) is 2.23. The molecular weight excluding hydrogens is 256 g/mol. The molecule has 1 fully saturated rings. The van der Waals surface area contributed by atoms with Crippen LogP contribution in [0.2, 0.25) is 0 Å². The highest BCUT2D eigenvalue weighted by Crippen LogP contribution is 2.25. The van der Waals surface area contributed by atoms with Crippen molar-refractivity contribution in [3.8, 4) is 0 Å². The smallest absolute Gasteiger partial charge is 0.332 e. The van der Waals surface area contributed by atoms with Gasteiger partial charge in [0.05, 0.1) is 19.3 Å². The predicted molar refractivity (Wildman–Crippen MR) is 76.6 cm³/mol. The van der Waals surface area contributed by atoms with E-state index >= 15 is 0 Å². The van der Waals surface area contributed by atoms with Crippen LogP contribution in [0.5, 0.6) is 0 Å². The lowest BCUT2D eigenvalue weighted by Gasteiger charge is -2.19. The van der Waals surface area contributed by atoms with Crippen LogP contribution in [-0.2, 0) is 9.53 Å². The van der Waals surface area contributed by atoms with E-state index in [2.05, 4.69) is 0 Å². The van der Waals surface area contributed by atoms with Crippen LogP contribution in [0.3, 0.4) is 0 Å². The largest absolute Gasteiger partial charge is 0.377 e. The number of amides is 3. The van der Waals surface area contributed by atoms with Crippen LogP contribution in [0.1, 0.15) is 20.8 Å². The number of carbonyl (C=O) groups excluding carboxylic acids is 2. The number of rotatable bonds is 5. The number of benzene rings is 1. The summed E-state index contributed by atoms with van der Waals surface area (Å²) in [6.07, 6.45) is 0.0884. The second-order valence-corrected chi connectivity index (χ2v) is 5.07. The van der Waals surface area contributed by atoms with Gasteiger partial charge in [0.2, 0.25) is 0 Å². The number of nitrogens with zero attached hydrogens (tertiary/aromatic N) is 2. The Bertz CT molecular complexity index is 487. The number of carbonyl (C=O) groups is 2. The summed E-state index contributed by atoms with van der Waals surface area (Å²) >= 11 is 0. The third kappa shape index (κ3) is 2.82. The van der Waals surface area contributed by atoms with Crippen molar-refractivity contribution >= 4 is 17.6 Å². The number of ether oxygens (including phenoxy) is 1. The molecule has 3 amide bonds. The molecule has 1 aliphatic heterocycles. The normalized spacial score (nSPS) is 19.3. The molecule has 0 spiro atoms. The monoisotopic (exact) mass is 276 g/mol. The Morgan fingerprint density at radius 3 is 2.45 bits per heavy atom. The maximum absolute atomic E-state index is 12.4. The van der Waals surface area contributed by atoms with Crippen molar-refractivity contribution in [3.63, 3.8) is 0 Å². The molecule has 5 nitrogen and oxygen atoms in total. The first-order valence-corrected chi connectivity index (χ1v) is 6.83. The molecule has 0 aromatic heterocycles. The predicted octanol–water partition coefficient (Wildman–Crippen LogP) is 2.27. The minimum Gasteiger partial charge on any atom is -0.377 e. The zero-order valence-electron chi connectivity index (χ0n) is 12.1. The molecule has 0 aliphatic carbocycles. The van der Waals surface area contributed by atoms with Gasteiger partial charge in [0.1, 0.15) is 6.04 Å². The van der Waals surface area contributed by atoms with E-state index in [1.807, 2.05) is 44.2 Å². The summed E-state index contributed by atoms with van der Waals surface area (Å²) in [7, 11) is 0. The van der Waals surface area contributed by atoms with Crippen molar-refractivity contribution in [2.24, 2.45) is 0 Å². The quantitative estimate of drug-likeness (QED) is 0.775. The van der Waals surface area contributed by atoms with E-state index in [1.165, 1.54) is 9.80 Å². The molecule has 1 heterocycles. The lowest BCUT2D eigenvalue weighted by atomic mass is 10.2. The zero-order chi connectivity index (χ0) is 14.7. The third-order valence-corrected chi connectivity index (χ3v) is 3.25. The minimum atomic E-state index is -0.469. The van der Waals surface area contributed by atoms with Crippen LogP contribution < -0.4 is 4.90 Å². The first kappa shape index (κ1) is 14.5. The Morgan fingerprint density at radius 1 is 1.20 bits per heavy atom. The molecule has 0 unspecified atom stereocenters. The summed E-state index contributed by atoms with van der Waals surface area (Å²) in [5.74, 6) is -0.175. The van der Waals surface area contributed by atoms with Crippen LogP contribution in [0, 0.1) is 0 Å². The summed E-state index contributed by atoms with van der Waals surface area (Å²) < 4.78 is 5.41. The van der Waals surface area contributed by atoms with Crippen LogP contribution >= 0.6 is 0 Å². The molecule has 0 radical (unpaired) electrons. The lowest BCUT2D eigenvalue weighted by Crippen LogP contribution is -2.36. The maximum atomic E-state index is 12.4. The lowest BCUT2D eigenvalue weighted by molar-refractivity contribution is -0.127. The highest BCUT2D eigenvalue weighted by Gasteiger charge is 2.42. The van der Waals surface area contributed by atoms with Gasteiger partial charge in [-0.25, -0.2) is 4.79 Å². The first-order valence-electron chi connectivity index (χ1n) is 6.83. The number of hydrogen-bond acceptors (Lipinski definition) is 3. The van der Waals surface area contributed by atoms with Crippen molar-refractivity contribution in [1.29, 1.82) is 0 Å². The van der Waals surface area contributed by atoms with E-state index < -0.39 is 6.04 Å². The number of hydrogen-bond donors (Lipinski definition) is 0. The molecular formula is C15H20N2O3. The van der Waals surface area contributed by atoms with Crippen molar-refractivity contribution in [2.45, 2.75) is 32.9 Å². The molecule has 1 saturated heterocycles. The van der Waals surface area contributed by atoms with Gasteiger partial charge in [0.15, 0.2) is 0 Å². The Labute approximate surface area is 119 Å². The third-order valence-electron chi connectivity index (χ3n) is 3.25. The topological polar surface area (TPSA) is 49.9 Å². The second-order valence-electron chi connectivity index (χ2n) is 5.07. The van der Waals surface area contributed by atoms with Gasteiger partial charge >= 0.3 is 6.03 Å². The molecule has 1 atom stereocenters. The van der Waals surface area contributed by atoms with E-state index in [-0.39, 0.29) is 18.0 Å². The second kappa shape index (κ2) is 6.05. The van der Waals surface area contributed by atoms with E-state index in [9.17, 15) is 9.59 Å². The van der Waals surface area contributed by atoms with Crippen molar-refractivity contribution in [1.82, 2.24) is 4.90 Å². The number of anilines is 1. The van der Waals surface area contributed by atoms with Crippen LogP contribution in [-0.4, -0.2) is 42.1 Å². The fourth-order valence-electron chi connectivity index (χ4n) is 2.23. The molecule has 0 N–H and O–H groups in total. The Hall–Kier alpha value is -1.88. The van der Waals surface area contributed by atoms with Crippen molar-refractivity contribution in [3.05, 3.63) is 30.3 Å². The van der Waals surface area contributed by atoms with Crippen molar-refractivity contribution in [2.75, 3.05) is 18.1 Å². The summed E-state index contributed by atoms with van der Waals surface area (Å²) in [5.41, 5.74) is 0.741. The van der Waals surface area contributed by atoms with Crippen LogP contribution in [0.4, 0.5) is 10.5 Å². The van der Waals surface area contributed by atoms with Crippen LogP contribution in [0.25, 0.3) is 0 Å². The standard InChI is InChI=1S/C15H20N2O3/c1-11(2)20-10-9-16-14(18)12(3)17(15(16)19)13-7-5-4-6-8-13/h4-8,11-12H,9-10H2,1-3H3/t12-/m0/s1. The number of urea groups is 1. The zero-order valence-corrected chi connectivity index (χ0v) is 12.1. The summed E-state index contributed by atoms with van der Waals surface area (Å²) in [6.45, 7) is 6.25. The molecule has 20 heavy (non-hydrogen) atoms. The molecule has 1 aromatic carbocycles.